The predicted molar refractivity (Wildman–Crippen MR) is 79.6 cm³/mol. The maximum Gasteiger partial charge on any atom is -0.00208 e. The van der Waals surface area contributed by atoms with Crippen molar-refractivity contribution in [2.75, 3.05) is 13.6 Å². The summed E-state index contributed by atoms with van der Waals surface area (Å²) in [6.07, 6.45) is 8.90. The predicted octanol–water partition coefficient (Wildman–Crippen LogP) is 4.33. The van der Waals surface area contributed by atoms with E-state index in [9.17, 15) is 0 Å². The van der Waals surface area contributed by atoms with Gasteiger partial charge in [-0.1, -0.05) is 33.6 Å². The van der Waals surface area contributed by atoms with E-state index in [0.29, 0.717) is 0 Å². The van der Waals surface area contributed by atoms with Gasteiger partial charge in [-0.15, -0.1) is 0 Å². The molecule has 2 rings (SSSR count). The molecule has 2 aliphatic rings. The van der Waals surface area contributed by atoms with E-state index >= 15 is 0 Å². The first kappa shape index (κ1) is 14.4. The van der Waals surface area contributed by atoms with Crippen molar-refractivity contribution in [2.45, 2.75) is 59.3 Å². The van der Waals surface area contributed by atoms with E-state index in [-0.39, 0.29) is 0 Å². The highest BCUT2D eigenvalue weighted by atomic mass is 14.8. The van der Waals surface area contributed by atoms with Crippen LogP contribution in [0, 0.1) is 35.5 Å². The summed E-state index contributed by atoms with van der Waals surface area (Å²) in [5, 5.41) is 3.44. The summed E-state index contributed by atoms with van der Waals surface area (Å²) >= 11 is 0. The van der Waals surface area contributed by atoms with E-state index in [4.69, 9.17) is 0 Å². The van der Waals surface area contributed by atoms with Crippen molar-refractivity contribution in [1.82, 2.24) is 5.32 Å². The second-order valence-corrected chi connectivity index (χ2v) is 7.43. The molecule has 0 amide bonds. The van der Waals surface area contributed by atoms with Gasteiger partial charge in [0.2, 0.25) is 0 Å². The van der Waals surface area contributed by atoms with Crippen LogP contribution in [0.3, 0.4) is 0 Å². The Labute approximate surface area is 114 Å². The van der Waals surface area contributed by atoms with E-state index < -0.39 is 0 Å². The van der Waals surface area contributed by atoms with Crippen LogP contribution in [0.15, 0.2) is 0 Å². The van der Waals surface area contributed by atoms with Crippen molar-refractivity contribution < 1.29 is 0 Å². The van der Waals surface area contributed by atoms with Gasteiger partial charge in [-0.2, -0.15) is 0 Å². The van der Waals surface area contributed by atoms with Crippen LogP contribution in [0.2, 0.25) is 0 Å². The standard InChI is InChI=1S/C17H33N/c1-12-5-7-16(11-18-4)17(9-12)15-8-6-13(2)14(3)10-15/h12-18H,5-11H2,1-4H3. The zero-order valence-electron chi connectivity index (χ0n) is 12.9. The molecule has 0 aromatic heterocycles. The molecule has 1 N–H and O–H groups in total. The summed E-state index contributed by atoms with van der Waals surface area (Å²) in [7, 11) is 2.13. The smallest absolute Gasteiger partial charge is 0.00208 e. The van der Waals surface area contributed by atoms with Gasteiger partial charge in [0.15, 0.2) is 0 Å². The third kappa shape index (κ3) is 3.29. The quantitative estimate of drug-likeness (QED) is 0.787. The van der Waals surface area contributed by atoms with E-state index in [1.807, 2.05) is 0 Å². The van der Waals surface area contributed by atoms with E-state index in [1.165, 1.54) is 45.1 Å². The minimum atomic E-state index is 0.955. The first-order chi connectivity index (χ1) is 8.61. The van der Waals surface area contributed by atoms with Crippen molar-refractivity contribution in [3.05, 3.63) is 0 Å². The van der Waals surface area contributed by atoms with Gasteiger partial charge in [0.1, 0.15) is 0 Å². The van der Waals surface area contributed by atoms with Crippen LogP contribution in [-0.2, 0) is 0 Å². The largest absolute Gasteiger partial charge is 0.319 e. The SMILES string of the molecule is CNCC1CCC(C)CC1C1CCC(C)C(C)C1. The molecule has 0 aliphatic heterocycles. The first-order valence-electron chi connectivity index (χ1n) is 8.26. The van der Waals surface area contributed by atoms with E-state index in [2.05, 4.69) is 33.1 Å². The highest BCUT2D eigenvalue weighted by Gasteiger charge is 2.36. The van der Waals surface area contributed by atoms with Crippen LogP contribution in [0.5, 0.6) is 0 Å². The second kappa shape index (κ2) is 6.41. The Morgan fingerprint density at radius 2 is 1.67 bits per heavy atom. The number of rotatable bonds is 3. The van der Waals surface area contributed by atoms with Crippen LogP contribution in [0.25, 0.3) is 0 Å². The summed E-state index contributed by atoms with van der Waals surface area (Å²) in [6, 6.07) is 0. The van der Waals surface area contributed by atoms with Crippen molar-refractivity contribution in [3.63, 3.8) is 0 Å². The Hall–Kier alpha value is -0.0400. The summed E-state index contributed by atoms with van der Waals surface area (Å²) in [4.78, 5) is 0. The third-order valence-corrected chi connectivity index (χ3v) is 6.02. The minimum absolute atomic E-state index is 0.955. The van der Waals surface area contributed by atoms with Crippen LogP contribution >= 0.6 is 0 Å². The molecule has 106 valence electrons. The normalized spacial score (nSPS) is 46.0. The Balaban J connectivity index is 1.98. The Morgan fingerprint density at radius 1 is 0.889 bits per heavy atom. The Morgan fingerprint density at radius 3 is 2.33 bits per heavy atom. The van der Waals surface area contributed by atoms with Crippen LogP contribution in [0.1, 0.15) is 59.3 Å². The number of hydrogen-bond acceptors (Lipinski definition) is 1. The fraction of sp³-hybridized carbons (Fsp3) is 1.00. The highest BCUT2D eigenvalue weighted by Crippen LogP contribution is 2.45. The fourth-order valence-corrected chi connectivity index (χ4v) is 4.56. The summed E-state index contributed by atoms with van der Waals surface area (Å²) in [5.41, 5.74) is 0. The van der Waals surface area contributed by atoms with E-state index in [0.717, 1.165) is 35.5 Å². The maximum absolute atomic E-state index is 3.44. The molecule has 0 heterocycles. The van der Waals surface area contributed by atoms with Crippen LogP contribution < -0.4 is 5.32 Å². The molecule has 0 aromatic carbocycles. The average molecular weight is 251 g/mol. The maximum atomic E-state index is 3.44. The van der Waals surface area contributed by atoms with Gasteiger partial charge >= 0.3 is 0 Å². The van der Waals surface area contributed by atoms with Crippen molar-refractivity contribution in [2.24, 2.45) is 35.5 Å². The molecule has 6 unspecified atom stereocenters. The topological polar surface area (TPSA) is 12.0 Å². The lowest BCUT2D eigenvalue weighted by molar-refractivity contribution is 0.0712. The molecule has 0 bridgehead atoms. The average Bonchev–Trinajstić information content (AvgIpc) is 2.35. The lowest BCUT2D eigenvalue weighted by atomic mass is 9.62. The monoisotopic (exact) mass is 251 g/mol. The minimum Gasteiger partial charge on any atom is -0.319 e. The van der Waals surface area contributed by atoms with Crippen molar-refractivity contribution in [3.8, 4) is 0 Å². The zero-order valence-corrected chi connectivity index (χ0v) is 12.9. The lowest BCUT2D eigenvalue weighted by Crippen LogP contribution is -2.38. The zero-order chi connectivity index (χ0) is 13.1. The molecule has 0 aromatic rings. The molecule has 1 heteroatoms. The Bertz CT molecular complexity index is 250. The third-order valence-electron chi connectivity index (χ3n) is 6.02. The summed E-state index contributed by atoms with van der Waals surface area (Å²) in [5.74, 6) is 5.88. The highest BCUT2D eigenvalue weighted by molar-refractivity contribution is 4.88. The molecule has 6 atom stereocenters. The Kier molecular flexibility index (Phi) is 5.12. The second-order valence-electron chi connectivity index (χ2n) is 7.43. The summed E-state index contributed by atoms with van der Waals surface area (Å²) < 4.78 is 0. The van der Waals surface area contributed by atoms with Gasteiger partial charge in [-0.25, -0.2) is 0 Å². The van der Waals surface area contributed by atoms with Crippen LogP contribution in [-0.4, -0.2) is 13.6 Å². The number of nitrogens with one attached hydrogen (secondary N) is 1. The van der Waals surface area contributed by atoms with Gasteiger partial charge in [0, 0.05) is 0 Å². The molecular weight excluding hydrogens is 218 g/mol. The summed E-state index contributed by atoms with van der Waals surface area (Å²) in [6.45, 7) is 8.65. The molecule has 0 saturated heterocycles. The lowest BCUT2D eigenvalue weighted by Gasteiger charge is -2.44. The van der Waals surface area contributed by atoms with Gasteiger partial charge in [-0.3, -0.25) is 0 Å². The molecule has 2 fully saturated rings. The molecular formula is C17H33N. The van der Waals surface area contributed by atoms with Gasteiger partial charge in [0.25, 0.3) is 0 Å². The van der Waals surface area contributed by atoms with E-state index in [1.54, 1.807) is 0 Å². The molecule has 2 aliphatic carbocycles. The molecule has 2 saturated carbocycles. The molecule has 1 nitrogen and oxygen atoms in total. The van der Waals surface area contributed by atoms with Crippen molar-refractivity contribution in [1.29, 1.82) is 0 Å². The molecule has 0 radical (unpaired) electrons. The fourth-order valence-electron chi connectivity index (χ4n) is 4.56. The van der Waals surface area contributed by atoms with Crippen molar-refractivity contribution >= 4 is 0 Å². The first-order valence-corrected chi connectivity index (χ1v) is 8.26. The van der Waals surface area contributed by atoms with Gasteiger partial charge in [0.05, 0.1) is 0 Å². The van der Waals surface area contributed by atoms with Gasteiger partial charge in [-0.05, 0) is 74.8 Å². The van der Waals surface area contributed by atoms with Gasteiger partial charge < -0.3 is 5.32 Å². The molecule has 0 spiro atoms. The number of hydrogen-bond donors (Lipinski definition) is 1. The molecule has 18 heavy (non-hydrogen) atoms. The van der Waals surface area contributed by atoms with Crippen LogP contribution in [0.4, 0.5) is 0 Å².